The van der Waals surface area contributed by atoms with Crippen molar-refractivity contribution in [2.24, 2.45) is 0 Å². The van der Waals surface area contributed by atoms with Crippen LogP contribution in [0.15, 0.2) is 160 Å². The van der Waals surface area contributed by atoms with Crippen molar-refractivity contribution in [3.05, 3.63) is 152 Å². The second-order valence-electron chi connectivity index (χ2n) is 11.7. The minimum absolute atomic E-state index is 0.866. The first kappa shape index (κ1) is 24.4. The highest BCUT2D eigenvalue weighted by molar-refractivity contribution is 6.22. The van der Waals surface area contributed by atoms with Gasteiger partial charge in [-0.3, -0.25) is 0 Å². The minimum atomic E-state index is 0.866. The van der Waals surface area contributed by atoms with E-state index in [4.69, 9.17) is 8.83 Å². The molecule has 8 aromatic carbocycles. The maximum atomic E-state index is 6.38. The van der Waals surface area contributed by atoms with Gasteiger partial charge in [0.15, 0.2) is 0 Å². The van der Waals surface area contributed by atoms with Crippen LogP contribution in [-0.4, -0.2) is 0 Å². The van der Waals surface area contributed by atoms with Gasteiger partial charge in [0.25, 0.3) is 0 Å². The number of anilines is 3. The normalized spacial score (nSPS) is 12.0. The van der Waals surface area contributed by atoms with Crippen molar-refractivity contribution in [1.82, 2.24) is 0 Å². The van der Waals surface area contributed by atoms with Gasteiger partial charge in [0.2, 0.25) is 0 Å². The number of rotatable bonds is 3. The lowest BCUT2D eigenvalue weighted by Gasteiger charge is -2.27. The molecule has 0 aliphatic carbocycles. The van der Waals surface area contributed by atoms with Gasteiger partial charge >= 0.3 is 0 Å². The maximum absolute atomic E-state index is 6.38. The molecule has 0 saturated carbocycles. The Labute approximate surface area is 258 Å². The molecule has 0 aliphatic heterocycles. The van der Waals surface area contributed by atoms with Gasteiger partial charge in [-0.15, -0.1) is 0 Å². The summed E-state index contributed by atoms with van der Waals surface area (Å²) in [5.74, 6) is 0. The molecule has 10 aromatic rings. The Morgan fingerprint density at radius 1 is 0.333 bits per heavy atom. The van der Waals surface area contributed by atoms with Gasteiger partial charge in [-0.1, -0.05) is 97.1 Å². The van der Waals surface area contributed by atoms with E-state index >= 15 is 0 Å². The highest BCUT2D eigenvalue weighted by atomic mass is 16.3. The van der Waals surface area contributed by atoms with E-state index in [1.807, 2.05) is 24.3 Å². The number of nitrogens with zero attached hydrogens (tertiary/aromatic N) is 1. The third kappa shape index (κ3) is 3.58. The number of para-hydroxylation sites is 2. The monoisotopic (exact) mass is 575 g/mol. The lowest BCUT2D eigenvalue weighted by atomic mass is 9.95. The smallest absolute Gasteiger partial charge is 0.137 e. The zero-order valence-electron chi connectivity index (χ0n) is 24.2. The van der Waals surface area contributed by atoms with Crippen LogP contribution in [0.5, 0.6) is 0 Å². The van der Waals surface area contributed by atoms with Gasteiger partial charge in [-0.05, 0) is 75.5 Å². The van der Waals surface area contributed by atoms with Crippen LogP contribution >= 0.6 is 0 Å². The van der Waals surface area contributed by atoms with E-state index < -0.39 is 0 Å². The summed E-state index contributed by atoms with van der Waals surface area (Å²) in [5, 5.41) is 11.9. The zero-order valence-corrected chi connectivity index (χ0v) is 24.2. The lowest BCUT2D eigenvalue weighted by molar-refractivity contribution is 0.668. The van der Waals surface area contributed by atoms with Crippen LogP contribution in [-0.2, 0) is 0 Å². The van der Waals surface area contributed by atoms with E-state index in [-0.39, 0.29) is 0 Å². The van der Waals surface area contributed by atoms with Crippen molar-refractivity contribution < 1.29 is 8.83 Å². The second-order valence-corrected chi connectivity index (χ2v) is 11.7. The quantitative estimate of drug-likeness (QED) is 0.196. The van der Waals surface area contributed by atoms with Crippen LogP contribution in [0.25, 0.3) is 76.2 Å². The molecule has 2 aromatic heterocycles. The van der Waals surface area contributed by atoms with Crippen molar-refractivity contribution in [2.45, 2.75) is 0 Å². The summed E-state index contributed by atoms with van der Waals surface area (Å²) in [6.45, 7) is 0. The average molecular weight is 576 g/mol. The Balaban J connectivity index is 1.28. The summed E-state index contributed by atoms with van der Waals surface area (Å²) in [6.07, 6.45) is 0. The lowest BCUT2D eigenvalue weighted by Crippen LogP contribution is -2.10. The van der Waals surface area contributed by atoms with Crippen LogP contribution in [0.4, 0.5) is 17.1 Å². The predicted octanol–water partition coefficient (Wildman–Crippen LogP) is 12.4. The Hall–Kier alpha value is -6.06. The van der Waals surface area contributed by atoms with Crippen LogP contribution in [0, 0.1) is 0 Å². The molecule has 45 heavy (non-hydrogen) atoms. The van der Waals surface area contributed by atoms with Crippen molar-refractivity contribution in [3.8, 4) is 0 Å². The first-order chi connectivity index (χ1) is 22.3. The first-order valence-corrected chi connectivity index (χ1v) is 15.3. The van der Waals surface area contributed by atoms with Crippen LogP contribution in [0.3, 0.4) is 0 Å². The molecule has 0 saturated heterocycles. The van der Waals surface area contributed by atoms with Crippen LogP contribution in [0.2, 0.25) is 0 Å². The molecular formula is C42H25NO2. The highest BCUT2D eigenvalue weighted by Gasteiger charge is 2.20. The highest BCUT2D eigenvalue weighted by Crippen LogP contribution is 2.44. The molecular weight excluding hydrogens is 550 g/mol. The first-order valence-electron chi connectivity index (χ1n) is 15.3. The van der Waals surface area contributed by atoms with Crippen LogP contribution < -0.4 is 4.90 Å². The van der Waals surface area contributed by atoms with E-state index in [2.05, 4.69) is 132 Å². The van der Waals surface area contributed by atoms with E-state index in [0.29, 0.717) is 0 Å². The molecule has 210 valence electrons. The van der Waals surface area contributed by atoms with Gasteiger partial charge in [0, 0.05) is 44.4 Å². The number of hydrogen-bond donors (Lipinski definition) is 0. The van der Waals surface area contributed by atoms with Crippen LogP contribution in [0.1, 0.15) is 0 Å². The molecule has 0 spiro atoms. The minimum Gasteiger partial charge on any atom is -0.456 e. The number of furan rings is 2. The second kappa shape index (κ2) is 9.22. The van der Waals surface area contributed by atoms with Crippen molar-refractivity contribution in [2.75, 3.05) is 4.90 Å². The van der Waals surface area contributed by atoms with Crippen molar-refractivity contribution in [3.63, 3.8) is 0 Å². The van der Waals surface area contributed by atoms with Crippen molar-refractivity contribution in [1.29, 1.82) is 0 Å². The van der Waals surface area contributed by atoms with Gasteiger partial charge < -0.3 is 13.7 Å². The molecule has 0 fully saturated rings. The molecule has 3 heteroatoms. The van der Waals surface area contributed by atoms with E-state index in [1.165, 1.54) is 32.3 Å². The fourth-order valence-electron chi connectivity index (χ4n) is 7.18. The standard InChI is InChI=1S/C42H25NO2/c1-2-9-30-26(8-1)16-17-27-18-21-31-35(42(27)30)12-7-13-37(31)43(28-20-23-40-36(24-28)33-11-4-6-15-39(33)44-40)29-19-22-34-32-10-3-5-14-38(32)45-41(34)25-29/h1-25H. The Morgan fingerprint density at radius 3 is 1.78 bits per heavy atom. The van der Waals surface area contributed by atoms with E-state index in [9.17, 15) is 0 Å². The Morgan fingerprint density at radius 2 is 0.911 bits per heavy atom. The summed E-state index contributed by atoms with van der Waals surface area (Å²) < 4.78 is 12.6. The topological polar surface area (TPSA) is 29.5 Å². The summed E-state index contributed by atoms with van der Waals surface area (Å²) >= 11 is 0. The largest absolute Gasteiger partial charge is 0.456 e. The number of benzene rings is 8. The third-order valence-electron chi connectivity index (χ3n) is 9.22. The maximum Gasteiger partial charge on any atom is 0.137 e. The molecule has 0 atom stereocenters. The van der Waals surface area contributed by atoms with Gasteiger partial charge in [0.1, 0.15) is 22.3 Å². The molecule has 0 bridgehead atoms. The van der Waals surface area contributed by atoms with E-state index in [0.717, 1.165) is 60.9 Å². The SMILES string of the molecule is c1ccc2c(c1)ccc1ccc3c(N(c4ccc5c(c4)oc4ccccc45)c4ccc5oc6ccccc6c5c4)cccc3c12. The fraction of sp³-hybridized carbons (Fsp3) is 0. The molecule has 3 nitrogen and oxygen atoms in total. The number of fused-ring (bicyclic) bond motifs is 11. The molecule has 0 amide bonds. The summed E-state index contributed by atoms with van der Waals surface area (Å²) in [6, 6.07) is 53.8. The molecule has 10 rings (SSSR count). The molecule has 0 unspecified atom stereocenters. The summed E-state index contributed by atoms with van der Waals surface area (Å²) in [7, 11) is 0. The Kier molecular flexibility index (Phi) is 5.00. The zero-order chi connectivity index (χ0) is 29.5. The van der Waals surface area contributed by atoms with Gasteiger partial charge in [-0.2, -0.15) is 0 Å². The average Bonchev–Trinajstić information content (AvgIpc) is 3.66. The molecule has 2 heterocycles. The van der Waals surface area contributed by atoms with Crippen molar-refractivity contribution >= 4 is 93.3 Å². The van der Waals surface area contributed by atoms with Gasteiger partial charge in [-0.25, -0.2) is 0 Å². The van der Waals surface area contributed by atoms with E-state index in [1.54, 1.807) is 0 Å². The predicted molar refractivity (Wildman–Crippen MR) is 188 cm³/mol. The summed E-state index contributed by atoms with van der Waals surface area (Å²) in [5.41, 5.74) is 6.71. The molecule has 0 N–H and O–H groups in total. The fourth-order valence-corrected chi connectivity index (χ4v) is 7.18. The Bertz CT molecular complexity index is 2780. The van der Waals surface area contributed by atoms with Gasteiger partial charge in [0.05, 0.1) is 5.69 Å². The molecule has 0 aliphatic rings. The summed E-state index contributed by atoms with van der Waals surface area (Å²) in [4.78, 5) is 2.35. The third-order valence-corrected chi connectivity index (χ3v) is 9.22. The molecule has 0 radical (unpaired) electrons. The number of hydrogen-bond acceptors (Lipinski definition) is 3.